The highest BCUT2D eigenvalue weighted by atomic mass is 32.2. The zero-order valence-electron chi connectivity index (χ0n) is 14.3. The van der Waals surface area contributed by atoms with Crippen LogP contribution >= 0.6 is 0 Å². The van der Waals surface area contributed by atoms with Gasteiger partial charge in [0, 0.05) is 6.54 Å². The van der Waals surface area contributed by atoms with Crippen LogP contribution in [0.25, 0.3) is 0 Å². The third kappa shape index (κ3) is 3.32. The van der Waals surface area contributed by atoms with Crippen molar-refractivity contribution >= 4 is 16.0 Å². The molecule has 0 saturated heterocycles. The number of esters is 1. The van der Waals surface area contributed by atoms with Crippen LogP contribution in [0.2, 0.25) is 0 Å². The van der Waals surface area contributed by atoms with Gasteiger partial charge in [-0.05, 0) is 43.5 Å². The first-order valence-electron chi connectivity index (χ1n) is 8.28. The Morgan fingerprint density at radius 1 is 1.16 bits per heavy atom. The van der Waals surface area contributed by atoms with Crippen LogP contribution in [0.3, 0.4) is 0 Å². The maximum atomic E-state index is 13.1. The highest BCUT2D eigenvalue weighted by molar-refractivity contribution is 7.89. The quantitative estimate of drug-likeness (QED) is 0.788. The second-order valence-electron chi connectivity index (χ2n) is 6.03. The number of ether oxygens (including phenoxy) is 1. The van der Waals surface area contributed by atoms with Crippen molar-refractivity contribution in [3.8, 4) is 0 Å². The lowest BCUT2D eigenvalue weighted by Gasteiger charge is -2.34. The van der Waals surface area contributed by atoms with Crippen molar-refractivity contribution in [1.82, 2.24) is 4.31 Å². The average Bonchev–Trinajstić information content (AvgIpc) is 2.61. The lowest BCUT2D eigenvalue weighted by molar-refractivity contribution is -0.148. The highest BCUT2D eigenvalue weighted by Gasteiger charge is 2.41. The Morgan fingerprint density at radius 2 is 1.84 bits per heavy atom. The van der Waals surface area contributed by atoms with Crippen molar-refractivity contribution in [3.05, 3.63) is 65.2 Å². The number of fused-ring (bicyclic) bond motifs is 1. The van der Waals surface area contributed by atoms with E-state index in [-0.39, 0.29) is 18.0 Å². The monoisotopic (exact) mass is 359 g/mol. The van der Waals surface area contributed by atoms with Crippen molar-refractivity contribution in [3.63, 3.8) is 0 Å². The Morgan fingerprint density at radius 3 is 2.52 bits per heavy atom. The van der Waals surface area contributed by atoms with Gasteiger partial charge < -0.3 is 4.74 Å². The summed E-state index contributed by atoms with van der Waals surface area (Å²) in [5.41, 5.74) is 2.66. The third-order valence-electron chi connectivity index (χ3n) is 4.38. The number of carbonyl (C=O) groups is 1. The molecule has 3 rings (SSSR count). The minimum absolute atomic E-state index is 0.187. The fourth-order valence-electron chi connectivity index (χ4n) is 3.11. The lowest BCUT2D eigenvalue weighted by atomic mass is 9.94. The summed E-state index contributed by atoms with van der Waals surface area (Å²) in [6.07, 6.45) is 0.567. The van der Waals surface area contributed by atoms with Crippen LogP contribution in [0, 0.1) is 6.92 Å². The number of carbonyl (C=O) groups excluding carboxylic acids is 1. The highest BCUT2D eigenvalue weighted by Crippen LogP contribution is 2.35. The van der Waals surface area contributed by atoms with Crippen molar-refractivity contribution in [2.24, 2.45) is 0 Å². The van der Waals surface area contributed by atoms with Gasteiger partial charge >= 0.3 is 5.97 Å². The first-order chi connectivity index (χ1) is 11.9. The zero-order valence-corrected chi connectivity index (χ0v) is 15.1. The molecule has 1 unspecified atom stereocenters. The van der Waals surface area contributed by atoms with E-state index in [9.17, 15) is 13.2 Å². The van der Waals surface area contributed by atoms with E-state index >= 15 is 0 Å². The summed E-state index contributed by atoms with van der Waals surface area (Å²) < 4.78 is 32.7. The molecule has 2 aromatic carbocycles. The standard InChI is InChI=1S/C19H21NO4S/c1-3-24-19(21)18-17-7-5-4-6-15(17)12-13-20(18)25(22,23)16-10-8-14(2)9-11-16/h4-11,18H,3,12-13H2,1-2H3. The molecule has 6 heteroatoms. The van der Waals surface area contributed by atoms with E-state index in [0.717, 1.165) is 11.1 Å². The largest absolute Gasteiger partial charge is 0.465 e. The van der Waals surface area contributed by atoms with Crippen LogP contribution in [0.15, 0.2) is 53.4 Å². The summed E-state index contributed by atoms with van der Waals surface area (Å²) in [5.74, 6) is -0.537. The Hall–Kier alpha value is -2.18. The third-order valence-corrected chi connectivity index (χ3v) is 6.26. The summed E-state index contributed by atoms with van der Waals surface area (Å²) in [5, 5.41) is 0. The van der Waals surface area contributed by atoms with Crippen LogP contribution in [0.1, 0.15) is 29.7 Å². The van der Waals surface area contributed by atoms with Crippen molar-refractivity contribution < 1.29 is 17.9 Å². The van der Waals surface area contributed by atoms with Gasteiger partial charge in [0.2, 0.25) is 10.0 Å². The fraction of sp³-hybridized carbons (Fsp3) is 0.316. The van der Waals surface area contributed by atoms with Crippen LogP contribution in [-0.4, -0.2) is 31.8 Å². The minimum Gasteiger partial charge on any atom is -0.465 e. The smallest absolute Gasteiger partial charge is 0.329 e. The summed E-state index contributed by atoms with van der Waals surface area (Å²) in [6.45, 7) is 4.06. The topological polar surface area (TPSA) is 63.7 Å². The van der Waals surface area contributed by atoms with Crippen molar-refractivity contribution in [2.75, 3.05) is 13.2 Å². The number of benzene rings is 2. The molecule has 1 atom stereocenters. The molecule has 1 aliphatic rings. The van der Waals surface area contributed by atoms with E-state index in [4.69, 9.17) is 4.74 Å². The second-order valence-corrected chi connectivity index (χ2v) is 7.92. The zero-order chi connectivity index (χ0) is 18.0. The number of sulfonamides is 1. The van der Waals surface area contributed by atoms with Crippen LogP contribution in [0.5, 0.6) is 0 Å². The number of hydrogen-bond donors (Lipinski definition) is 0. The van der Waals surface area contributed by atoms with E-state index < -0.39 is 22.0 Å². The summed E-state index contributed by atoms with van der Waals surface area (Å²) in [7, 11) is -3.80. The van der Waals surface area contributed by atoms with Gasteiger partial charge in [0.05, 0.1) is 11.5 Å². The van der Waals surface area contributed by atoms with E-state index in [1.54, 1.807) is 37.3 Å². The molecular formula is C19H21NO4S. The molecule has 0 bridgehead atoms. The van der Waals surface area contributed by atoms with Crippen LogP contribution in [0.4, 0.5) is 0 Å². The summed E-state index contributed by atoms with van der Waals surface area (Å²) in [4.78, 5) is 12.8. The molecule has 25 heavy (non-hydrogen) atoms. The Bertz CT molecular complexity index is 875. The number of hydrogen-bond acceptors (Lipinski definition) is 4. The molecule has 0 aliphatic carbocycles. The van der Waals surface area contributed by atoms with Gasteiger partial charge in [-0.1, -0.05) is 42.0 Å². The fourth-order valence-corrected chi connectivity index (χ4v) is 4.67. The van der Waals surface area contributed by atoms with Crippen LogP contribution < -0.4 is 0 Å². The number of aryl methyl sites for hydroxylation is 1. The van der Waals surface area contributed by atoms with Gasteiger partial charge in [-0.2, -0.15) is 4.31 Å². The number of nitrogens with zero attached hydrogens (tertiary/aromatic N) is 1. The molecular weight excluding hydrogens is 338 g/mol. The molecule has 0 amide bonds. The minimum atomic E-state index is -3.80. The van der Waals surface area contributed by atoms with Crippen molar-refractivity contribution in [2.45, 2.75) is 31.2 Å². The lowest BCUT2D eigenvalue weighted by Crippen LogP contribution is -2.44. The average molecular weight is 359 g/mol. The second kappa shape index (κ2) is 6.98. The maximum Gasteiger partial charge on any atom is 0.329 e. The normalized spacial score (nSPS) is 17.8. The molecule has 0 N–H and O–H groups in total. The van der Waals surface area contributed by atoms with Gasteiger partial charge in [-0.15, -0.1) is 0 Å². The Balaban J connectivity index is 2.07. The predicted octanol–water partition coefficient (Wildman–Crippen LogP) is 2.85. The van der Waals surface area contributed by atoms with Gasteiger partial charge in [0.15, 0.2) is 0 Å². The molecule has 0 aromatic heterocycles. The molecule has 2 aromatic rings. The summed E-state index contributed by atoms with van der Waals surface area (Å²) >= 11 is 0. The Labute approximate surface area is 148 Å². The van der Waals surface area contributed by atoms with Gasteiger partial charge in [-0.3, -0.25) is 0 Å². The van der Waals surface area contributed by atoms with Gasteiger partial charge in [0.1, 0.15) is 6.04 Å². The molecule has 132 valence electrons. The van der Waals surface area contributed by atoms with Gasteiger partial charge in [-0.25, -0.2) is 13.2 Å². The van der Waals surface area contributed by atoms with E-state index in [1.165, 1.54) is 4.31 Å². The SMILES string of the molecule is CCOC(=O)C1c2ccccc2CCN1S(=O)(=O)c1ccc(C)cc1. The molecule has 0 fully saturated rings. The van der Waals surface area contributed by atoms with Gasteiger partial charge in [0.25, 0.3) is 0 Å². The molecule has 0 spiro atoms. The molecule has 1 heterocycles. The van der Waals surface area contributed by atoms with E-state index in [2.05, 4.69) is 0 Å². The predicted molar refractivity (Wildman–Crippen MR) is 94.6 cm³/mol. The van der Waals surface area contributed by atoms with Crippen LogP contribution in [-0.2, 0) is 26.0 Å². The van der Waals surface area contributed by atoms with Crippen molar-refractivity contribution in [1.29, 1.82) is 0 Å². The summed E-state index contributed by atoms with van der Waals surface area (Å²) in [6, 6.07) is 13.1. The Kier molecular flexibility index (Phi) is 4.92. The molecule has 5 nitrogen and oxygen atoms in total. The molecule has 0 saturated carbocycles. The van der Waals surface area contributed by atoms with E-state index in [0.29, 0.717) is 12.0 Å². The first-order valence-corrected chi connectivity index (χ1v) is 9.72. The first kappa shape index (κ1) is 17.6. The molecule has 1 aliphatic heterocycles. The number of rotatable bonds is 4. The molecule has 0 radical (unpaired) electrons. The van der Waals surface area contributed by atoms with E-state index in [1.807, 2.05) is 25.1 Å². The maximum absolute atomic E-state index is 13.1.